The summed E-state index contributed by atoms with van der Waals surface area (Å²) in [6, 6.07) is 6.36. The molecule has 1 rings (SSSR count). The lowest BCUT2D eigenvalue weighted by Crippen LogP contribution is -2.43. The van der Waals surface area contributed by atoms with Gasteiger partial charge in [0, 0.05) is 19.1 Å². The summed E-state index contributed by atoms with van der Waals surface area (Å²) in [5, 5.41) is 6.08. The van der Waals surface area contributed by atoms with E-state index >= 15 is 0 Å². The topological polar surface area (TPSA) is 50.4 Å². The SMILES string of the molecule is CCC(CNCc1ccc(F)cc1)NC(=O)OC(C)(C)C. The van der Waals surface area contributed by atoms with Crippen LogP contribution in [0.5, 0.6) is 0 Å². The summed E-state index contributed by atoms with van der Waals surface area (Å²) < 4.78 is 18.0. The van der Waals surface area contributed by atoms with Crippen molar-refractivity contribution in [1.29, 1.82) is 0 Å². The fourth-order valence-corrected chi connectivity index (χ4v) is 1.76. The van der Waals surface area contributed by atoms with Crippen LogP contribution in [-0.2, 0) is 11.3 Å². The van der Waals surface area contributed by atoms with Gasteiger partial charge in [0.05, 0.1) is 0 Å². The predicted molar refractivity (Wildman–Crippen MR) is 81.6 cm³/mol. The molecule has 0 aliphatic rings. The van der Waals surface area contributed by atoms with Crippen LogP contribution in [0.4, 0.5) is 9.18 Å². The van der Waals surface area contributed by atoms with Crippen LogP contribution in [0.2, 0.25) is 0 Å². The first-order chi connectivity index (χ1) is 9.80. The molecule has 0 radical (unpaired) electrons. The largest absolute Gasteiger partial charge is 0.444 e. The van der Waals surface area contributed by atoms with Crippen molar-refractivity contribution in [1.82, 2.24) is 10.6 Å². The Morgan fingerprint density at radius 2 is 1.90 bits per heavy atom. The van der Waals surface area contributed by atoms with Crippen LogP contribution >= 0.6 is 0 Å². The first-order valence-electron chi connectivity index (χ1n) is 7.25. The van der Waals surface area contributed by atoms with Gasteiger partial charge < -0.3 is 15.4 Å². The molecule has 4 nitrogen and oxygen atoms in total. The van der Waals surface area contributed by atoms with Crippen molar-refractivity contribution in [2.75, 3.05) is 6.54 Å². The zero-order valence-corrected chi connectivity index (χ0v) is 13.2. The van der Waals surface area contributed by atoms with Crippen LogP contribution in [0.15, 0.2) is 24.3 Å². The van der Waals surface area contributed by atoms with Crippen molar-refractivity contribution in [3.05, 3.63) is 35.6 Å². The van der Waals surface area contributed by atoms with Crippen LogP contribution in [-0.4, -0.2) is 24.3 Å². The van der Waals surface area contributed by atoms with Crippen molar-refractivity contribution < 1.29 is 13.9 Å². The van der Waals surface area contributed by atoms with Gasteiger partial charge in [-0.3, -0.25) is 0 Å². The molecule has 0 heterocycles. The smallest absolute Gasteiger partial charge is 0.407 e. The van der Waals surface area contributed by atoms with Gasteiger partial charge in [-0.05, 0) is 44.9 Å². The molecule has 0 saturated carbocycles. The van der Waals surface area contributed by atoms with Crippen molar-refractivity contribution in [3.8, 4) is 0 Å². The summed E-state index contributed by atoms with van der Waals surface area (Å²) in [6.07, 6.45) is 0.397. The van der Waals surface area contributed by atoms with E-state index < -0.39 is 11.7 Å². The minimum absolute atomic E-state index is 0.000276. The maximum atomic E-state index is 12.8. The third-order valence-electron chi connectivity index (χ3n) is 2.85. The molecule has 0 bridgehead atoms. The number of ether oxygens (including phenoxy) is 1. The maximum Gasteiger partial charge on any atom is 0.407 e. The van der Waals surface area contributed by atoms with Gasteiger partial charge in [-0.25, -0.2) is 9.18 Å². The standard InChI is InChI=1S/C16H25FN2O2/c1-5-14(19-15(20)21-16(2,3)4)11-18-10-12-6-8-13(17)9-7-12/h6-9,14,18H,5,10-11H2,1-4H3,(H,19,20). The Morgan fingerprint density at radius 1 is 1.29 bits per heavy atom. The van der Waals surface area contributed by atoms with E-state index in [-0.39, 0.29) is 11.9 Å². The lowest BCUT2D eigenvalue weighted by Gasteiger charge is -2.23. The molecule has 0 aliphatic heterocycles. The molecule has 0 aromatic heterocycles. The van der Waals surface area contributed by atoms with E-state index in [4.69, 9.17) is 4.74 Å². The molecule has 0 fully saturated rings. The third-order valence-corrected chi connectivity index (χ3v) is 2.85. The van der Waals surface area contributed by atoms with Crippen LogP contribution in [0.25, 0.3) is 0 Å². The van der Waals surface area contributed by atoms with Crippen LogP contribution in [0.1, 0.15) is 39.7 Å². The Hall–Kier alpha value is -1.62. The molecule has 1 amide bonds. The highest BCUT2D eigenvalue weighted by molar-refractivity contribution is 5.68. The Balaban J connectivity index is 2.34. The quantitative estimate of drug-likeness (QED) is 0.847. The number of nitrogens with one attached hydrogen (secondary N) is 2. The number of alkyl carbamates (subject to hydrolysis) is 1. The molecular formula is C16H25FN2O2. The minimum atomic E-state index is -0.496. The van der Waals surface area contributed by atoms with Gasteiger partial charge in [-0.1, -0.05) is 19.1 Å². The maximum absolute atomic E-state index is 12.8. The molecule has 21 heavy (non-hydrogen) atoms. The molecular weight excluding hydrogens is 271 g/mol. The third kappa shape index (κ3) is 7.66. The molecule has 5 heteroatoms. The molecule has 2 N–H and O–H groups in total. The van der Waals surface area contributed by atoms with Crippen LogP contribution in [0.3, 0.4) is 0 Å². The number of benzene rings is 1. The fraction of sp³-hybridized carbons (Fsp3) is 0.562. The number of rotatable bonds is 6. The molecule has 0 spiro atoms. The van der Waals surface area contributed by atoms with Gasteiger partial charge in [0.25, 0.3) is 0 Å². The highest BCUT2D eigenvalue weighted by atomic mass is 19.1. The van der Waals surface area contributed by atoms with Gasteiger partial charge in [-0.15, -0.1) is 0 Å². The molecule has 1 unspecified atom stereocenters. The lowest BCUT2D eigenvalue weighted by atomic mass is 10.2. The fourth-order valence-electron chi connectivity index (χ4n) is 1.76. The second kappa shape index (κ2) is 7.98. The molecule has 1 aromatic rings. The second-order valence-corrected chi connectivity index (χ2v) is 6.01. The van der Waals surface area contributed by atoms with Crippen LogP contribution < -0.4 is 10.6 Å². The zero-order chi connectivity index (χ0) is 15.9. The van der Waals surface area contributed by atoms with Gasteiger partial charge in [0.15, 0.2) is 0 Å². The monoisotopic (exact) mass is 296 g/mol. The van der Waals surface area contributed by atoms with E-state index in [1.807, 2.05) is 27.7 Å². The van der Waals surface area contributed by atoms with Gasteiger partial charge in [0.2, 0.25) is 0 Å². The molecule has 118 valence electrons. The number of amides is 1. The van der Waals surface area contributed by atoms with Gasteiger partial charge in [0.1, 0.15) is 11.4 Å². The van der Waals surface area contributed by atoms with Gasteiger partial charge in [-0.2, -0.15) is 0 Å². The lowest BCUT2D eigenvalue weighted by molar-refractivity contribution is 0.0502. The highest BCUT2D eigenvalue weighted by Crippen LogP contribution is 2.07. The molecule has 0 saturated heterocycles. The Labute approximate surface area is 126 Å². The average Bonchev–Trinajstić information content (AvgIpc) is 2.37. The summed E-state index contributed by atoms with van der Waals surface area (Å²) in [4.78, 5) is 11.7. The minimum Gasteiger partial charge on any atom is -0.444 e. The normalized spacial score (nSPS) is 12.8. The average molecular weight is 296 g/mol. The molecule has 0 aliphatic carbocycles. The van der Waals surface area contributed by atoms with Gasteiger partial charge >= 0.3 is 6.09 Å². The molecule has 1 atom stereocenters. The first-order valence-corrected chi connectivity index (χ1v) is 7.25. The van der Waals surface area contributed by atoms with Crippen LogP contribution in [0, 0.1) is 5.82 Å². The van der Waals surface area contributed by atoms with Crippen molar-refractivity contribution in [2.24, 2.45) is 0 Å². The number of carbonyl (C=O) groups excluding carboxylic acids is 1. The van der Waals surface area contributed by atoms with E-state index in [9.17, 15) is 9.18 Å². The van der Waals surface area contributed by atoms with Crippen molar-refractivity contribution in [2.45, 2.75) is 52.3 Å². The Morgan fingerprint density at radius 3 is 2.43 bits per heavy atom. The van der Waals surface area contributed by atoms with E-state index in [1.165, 1.54) is 12.1 Å². The van der Waals surface area contributed by atoms with E-state index in [2.05, 4.69) is 10.6 Å². The first kappa shape index (κ1) is 17.4. The summed E-state index contributed by atoms with van der Waals surface area (Å²) in [5.41, 5.74) is 0.507. The summed E-state index contributed by atoms with van der Waals surface area (Å²) >= 11 is 0. The number of carbonyl (C=O) groups is 1. The number of hydrogen-bond acceptors (Lipinski definition) is 3. The summed E-state index contributed by atoms with van der Waals surface area (Å²) in [5.74, 6) is -0.239. The Kier molecular flexibility index (Phi) is 6.62. The molecule has 1 aromatic carbocycles. The Bertz CT molecular complexity index is 441. The van der Waals surface area contributed by atoms with E-state index in [0.29, 0.717) is 13.1 Å². The zero-order valence-electron chi connectivity index (χ0n) is 13.2. The highest BCUT2D eigenvalue weighted by Gasteiger charge is 2.18. The van der Waals surface area contributed by atoms with Crippen molar-refractivity contribution in [3.63, 3.8) is 0 Å². The number of hydrogen-bond donors (Lipinski definition) is 2. The summed E-state index contributed by atoms with van der Waals surface area (Å²) in [7, 11) is 0. The summed E-state index contributed by atoms with van der Waals surface area (Å²) in [6.45, 7) is 8.77. The van der Waals surface area contributed by atoms with E-state index in [0.717, 1.165) is 12.0 Å². The predicted octanol–water partition coefficient (Wildman–Crippen LogP) is 3.22. The second-order valence-electron chi connectivity index (χ2n) is 6.01. The van der Waals surface area contributed by atoms with E-state index in [1.54, 1.807) is 12.1 Å². The van der Waals surface area contributed by atoms with Crippen molar-refractivity contribution >= 4 is 6.09 Å². The number of halogens is 1.